The smallest absolute Gasteiger partial charge is 0.316 e. The first-order valence-corrected chi connectivity index (χ1v) is 9.75. The number of halogens is 1. The molecule has 0 unspecified atom stereocenters. The van der Waals surface area contributed by atoms with Gasteiger partial charge in [0.05, 0.1) is 20.7 Å². The van der Waals surface area contributed by atoms with Crippen LogP contribution >= 0.6 is 27.3 Å². The molecule has 0 saturated carbocycles. The summed E-state index contributed by atoms with van der Waals surface area (Å²) in [4.78, 5) is 28.9. The number of amides is 2. The summed E-state index contributed by atoms with van der Waals surface area (Å²) in [6.45, 7) is 4.37. The monoisotopic (exact) mass is 452 g/mol. The summed E-state index contributed by atoms with van der Waals surface area (Å²) in [7, 11) is 0. The number of aromatic nitrogens is 4. The molecule has 3 heterocycles. The second kappa shape index (κ2) is 8.44. The number of nitrogens with zero attached hydrogens (tertiary/aromatic N) is 4. The molecule has 0 bridgehead atoms. The summed E-state index contributed by atoms with van der Waals surface area (Å²) in [5, 5.41) is 15.3. The molecule has 9 nitrogen and oxygen atoms in total. The van der Waals surface area contributed by atoms with Gasteiger partial charge in [-0.25, -0.2) is 0 Å². The Bertz CT molecular complexity index is 950. The molecule has 0 atom stereocenters. The molecular weight excluding hydrogens is 436 g/mol. The van der Waals surface area contributed by atoms with Crippen molar-refractivity contribution in [1.82, 2.24) is 30.6 Å². The third-order valence-corrected chi connectivity index (χ3v) is 5.69. The van der Waals surface area contributed by atoms with Crippen LogP contribution in [0, 0.1) is 13.8 Å². The molecule has 0 aliphatic heterocycles. The minimum Gasteiger partial charge on any atom is -0.353 e. The predicted octanol–water partition coefficient (Wildman–Crippen LogP) is 1.92. The number of thiophene rings is 1. The Balaban J connectivity index is 1.42. The molecule has 0 aliphatic carbocycles. The van der Waals surface area contributed by atoms with E-state index in [1.807, 2.05) is 31.4 Å². The molecule has 3 aromatic heterocycles. The zero-order valence-corrected chi connectivity index (χ0v) is 17.1. The number of carbonyl (C=O) groups is 2. The highest BCUT2D eigenvalue weighted by atomic mass is 79.9. The van der Waals surface area contributed by atoms with Gasteiger partial charge in [0.25, 0.3) is 0 Å². The van der Waals surface area contributed by atoms with Crippen molar-refractivity contribution in [3.8, 4) is 10.7 Å². The molecular formula is C16H17BrN6O3S. The predicted molar refractivity (Wildman–Crippen MR) is 102 cm³/mol. The van der Waals surface area contributed by atoms with E-state index in [1.54, 1.807) is 4.68 Å². The number of carbonyl (C=O) groups excluding carboxylic acids is 2. The average Bonchev–Trinajstić information content (AvgIpc) is 3.37. The van der Waals surface area contributed by atoms with Crippen LogP contribution in [0.2, 0.25) is 0 Å². The van der Waals surface area contributed by atoms with E-state index in [1.165, 1.54) is 11.3 Å². The van der Waals surface area contributed by atoms with E-state index < -0.39 is 5.91 Å². The van der Waals surface area contributed by atoms with Crippen LogP contribution in [0.1, 0.15) is 22.1 Å². The lowest BCUT2D eigenvalue weighted by Gasteiger charge is -2.07. The van der Waals surface area contributed by atoms with E-state index in [2.05, 4.69) is 41.8 Å². The van der Waals surface area contributed by atoms with Gasteiger partial charge in [-0.3, -0.25) is 14.3 Å². The fraction of sp³-hybridized carbons (Fsp3) is 0.312. The number of aryl methyl sites for hydroxylation is 1. The highest BCUT2D eigenvalue weighted by Gasteiger charge is 2.16. The SMILES string of the molecule is Cc1nn(CC(=O)NCCNC(=O)c2nc(-c3cccs3)no2)c(C)c1Br. The first kappa shape index (κ1) is 19.2. The summed E-state index contributed by atoms with van der Waals surface area (Å²) in [6, 6.07) is 3.71. The van der Waals surface area contributed by atoms with Crippen LogP contribution in [0.4, 0.5) is 0 Å². The lowest BCUT2D eigenvalue weighted by Crippen LogP contribution is -2.36. The van der Waals surface area contributed by atoms with Gasteiger partial charge in [-0.2, -0.15) is 10.1 Å². The Kier molecular flexibility index (Phi) is 6.01. The number of hydrogen-bond acceptors (Lipinski definition) is 7. The lowest BCUT2D eigenvalue weighted by molar-refractivity contribution is -0.121. The Morgan fingerprint density at radius 3 is 2.74 bits per heavy atom. The minimum absolute atomic E-state index is 0.111. The highest BCUT2D eigenvalue weighted by Crippen LogP contribution is 2.21. The molecule has 0 radical (unpaired) electrons. The maximum atomic E-state index is 12.0. The normalized spacial score (nSPS) is 10.8. The summed E-state index contributed by atoms with van der Waals surface area (Å²) in [5.41, 5.74) is 1.71. The molecule has 27 heavy (non-hydrogen) atoms. The average molecular weight is 453 g/mol. The molecule has 3 rings (SSSR count). The third kappa shape index (κ3) is 4.61. The Labute approximate surface area is 167 Å². The molecule has 0 aromatic carbocycles. The van der Waals surface area contributed by atoms with Crippen LogP contribution in [-0.2, 0) is 11.3 Å². The Hall–Kier alpha value is -2.53. The van der Waals surface area contributed by atoms with Crippen molar-refractivity contribution in [2.45, 2.75) is 20.4 Å². The molecule has 0 aliphatic rings. The van der Waals surface area contributed by atoms with Crippen molar-refractivity contribution < 1.29 is 14.1 Å². The summed E-state index contributed by atoms with van der Waals surface area (Å²) in [5.74, 6) is -0.418. The molecule has 0 saturated heterocycles. The van der Waals surface area contributed by atoms with Gasteiger partial charge in [-0.1, -0.05) is 11.2 Å². The van der Waals surface area contributed by atoms with Crippen molar-refractivity contribution in [2.24, 2.45) is 0 Å². The van der Waals surface area contributed by atoms with E-state index in [0.29, 0.717) is 5.82 Å². The van der Waals surface area contributed by atoms with Crippen molar-refractivity contribution >= 4 is 39.1 Å². The van der Waals surface area contributed by atoms with Crippen LogP contribution in [0.25, 0.3) is 10.7 Å². The van der Waals surface area contributed by atoms with Gasteiger partial charge in [-0.15, -0.1) is 11.3 Å². The molecule has 142 valence electrons. The van der Waals surface area contributed by atoms with Crippen LogP contribution in [0.3, 0.4) is 0 Å². The highest BCUT2D eigenvalue weighted by molar-refractivity contribution is 9.10. The van der Waals surface area contributed by atoms with Gasteiger partial charge < -0.3 is 15.2 Å². The summed E-state index contributed by atoms with van der Waals surface area (Å²) >= 11 is 4.88. The van der Waals surface area contributed by atoms with Crippen LogP contribution < -0.4 is 10.6 Å². The quantitative estimate of drug-likeness (QED) is 0.529. The van der Waals surface area contributed by atoms with Gasteiger partial charge in [0.1, 0.15) is 6.54 Å². The third-order valence-electron chi connectivity index (χ3n) is 3.68. The molecule has 2 amide bonds. The standard InChI is InChI=1S/C16H17BrN6O3S/c1-9-13(17)10(2)23(21-9)8-12(24)18-5-6-19-15(25)16-20-14(22-26-16)11-4-3-7-27-11/h3-4,7H,5-6,8H2,1-2H3,(H,18,24)(H,19,25). The molecule has 0 spiro atoms. The fourth-order valence-corrected chi connectivity index (χ4v) is 3.23. The van der Waals surface area contributed by atoms with Crippen molar-refractivity contribution in [2.75, 3.05) is 13.1 Å². The topological polar surface area (TPSA) is 115 Å². The van der Waals surface area contributed by atoms with Gasteiger partial charge in [0, 0.05) is 13.1 Å². The number of rotatable bonds is 7. The van der Waals surface area contributed by atoms with E-state index in [-0.39, 0.29) is 31.4 Å². The van der Waals surface area contributed by atoms with Gasteiger partial charge in [0.2, 0.25) is 11.7 Å². The van der Waals surface area contributed by atoms with Crippen LogP contribution in [0.5, 0.6) is 0 Å². The molecule has 3 aromatic rings. The maximum absolute atomic E-state index is 12.0. The number of nitrogens with one attached hydrogen (secondary N) is 2. The summed E-state index contributed by atoms with van der Waals surface area (Å²) in [6.07, 6.45) is 0. The van der Waals surface area contributed by atoms with Crippen molar-refractivity contribution in [3.05, 3.63) is 39.3 Å². The summed E-state index contributed by atoms with van der Waals surface area (Å²) < 4.78 is 7.48. The van der Waals surface area contributed by atoms with Crippen LogP contribution in [0.15, 0.2) is 26.5 Å². The molecule has 0 fully saturated rings. The minimum atomic E-state index is -0.484. The Morgan fingerprint density at radius 1 is 1.30 bits per heavy atom. The van der Waals surface area contributed by atoms with Gasteiger partial charge >= 0.3 is 11.8 Å². The first-order chi connectivity index (χ1) is 13.0. The van der Waals surface area contributed by atoms with E-state index in [9.17, 15) is 9.59 Å². The zero-order valence-electron chi connectivity index (χ0n) is 14.7. The largest absolute Gasteiger partial charge is 0.353 e. The zero-order chi connectivity index (χ0) is 19.4. The Morgan fingerprint density at radius 2 is 2.07 bits per heavy atom. The van der Waals surface area contributed by atoms with E-state index in [0.717, 1.165) is 20.7 Å². The van der Waals surface area contributed by atoms with Crippen molar-refractivity contribution in [3.63, 3.8) is 0 Å². The van der Waals surface area contributed by atoms with Gasteiger partial charge in [0.15, 0.2) is 0 Å². The maximum Gasteiger partial charge on any atom is 0.316 e. The second-order valence-corrected chi connectivity index (χ2v) is 7.39. The fourth-order valence-electron chi connectivity index (χ4n) is 2.30. The van der Waals surface area contributed by atoms with Gasteiger partial charge in [-0.05, 0) is 41.2 Å². The first-order valence-electron chi connectivity index (χ1n) is 8.07. The van der Waals surface area contributed by atoms with E-state index in [4.69, 9.17) is 4.52 Å². The second-order valence-electron chi connectivity index (χ2n) is 5.65. The molecule has 11 heteroatoms. The number of hydrogen-bond donors (Lipinski definition) is 2. The van der Waals surface area contributed by atoms with Crippen molar-refractivity contribution in [1.29, 1.82) is 0 Å². The lowest BCUT2D eigenvalue weighted by atomic mass is 10.4. The molecule has 2 N–H and O–H groups in total. The van der Waals surface area contributed by atoms with E-state index >= 15 is 0 Å². The van der Waals surface area contributed by atoms with Crippen LogP contribution in [-0.4, -0.2) is 44.8 Å².